The van der Waals surface area contributed by atoms with E-state index in [1.165, 1.54) is 88.3 Å². The van der Waals surface area contributed by atoms with Crippen molar-refractivity contribution in [2.45, 2.75) is 19.3 Å². The zero-order chi connectivity index (χ0) is 28.2. The summed E-state index contributed by atoms with van der Waals surface area (Å²) in [5.74, 6) is 0. The minimum absolute atomic E-state index is 0.162. The normalized spacial score (nSPS) is 13.8. The summed E-state index contributed by atoms with van der Waals surface area (Å²) in [6.45, 7) is 4.69. The highest BCUT2D eigenvalue weighted by atomic mass is 35.5. The Bertz CT molecular complexity index is 2260. The van der Waals surface area contributed by atoms with Gasteiger partial charge in [-0.2, -0.15) is 0 Å². The molecule has 0 unspecified atom stereocenters. The standard InChI is InChI=1S/C41H27Cl/c1-41(2)33-22-26(42)20-21-29(33)38-30-18-11-19-31-37(30)32(23-34(38)41)40-36(25-14-7-4-8-15-25)28-17-10-9-16-27(28)35(39(31)40)24-12-5-3-6-13-24/h3-23H,1-2H3. The Balaban J connectivity index is 1.52. The third-order valence-electron chi connectivity index (χ3n) is 9.64. The molecular formula is C41H27Cl. The highest BCUT2D eigenvalue weighted by Gasteiger charge is 2.40. The van der Waals surface area contributed by atoms with Crippen LogP contribution in [0.1, 0.15) is 25.0 Å². The first-order valence-corrected chi connectivity index (χ1v) is 15.0. The fourth-order valence-electron chi connectivity index (χ4n) is 7.86. The molecule has 9 rings (SSSR count). The maximum atomic E-state index is 6.57. The maximum Gasteiger partial charge on any atom is 0.0409 e. The maximum absolute atomic E-state index is 6.57. The molecule has 0 fully saturated rings. The lowest BCUT2D eigenvalue weighted by atomic mass is 9.80. The van der Waals surface area contributed by atoms with E-state index in [9.17, 15) is 0 Å². The van der Waals surface area contributed by atoms with E-state index in [2.05, 4.69) is 135 Å². The van der Waals surface area contributed by atoms with Gasteiger partial charge in [-0.05, 0) is 107 Å². The number of hydrogen-bond acceptors (Lipinski definition) is 0. The van der Waals surface area contributed by atoms with E-state index < -0.39 is 0 Å². The van der Waals surface area contributed by atoms with Crippen LogP contribution in [0, 0.1) is 0 Å². The Morgan fingerprint density at radius 1 is 0.429 bits per heavy atom. The largest absolute Gasteiger partial charge is 0.0843 e. The lowest BCUT2D eigenvalue weighted by Crippen LogP contribution is -2.15. The first kappa shape index (κ1) is 24.0. The van der Waals surface area contributed by atoms with Crippen LogP contribution in [0.4, 0.5) is 0 Å². The molecule has 7 aromatic rings. The average molecular weight is 555 g/mol. The molecule has 0 spiro atoms. The van der Waals surface area contributed by atoms with Gasteiger partial charge in [-0.1, -0.05) is 135 Å². The molecule has 0 aliphatic heterocycles. The second kappa shape index (κ2) is 8.44. The zero-order valence-electron chi connectivity index (χ0n) is 23.5. The van der Waals surface area contributed by atoms with Crippen molar-refractivity contribution in [3.05, 3.63) is 144 Å². The Hall–Kier alpha value is -4.65. The minimum Gasteiger partial charge on any atom is -0.0843 e. The summed E-state index contributed by atoms with van der Waals surface area (Å²) >= 11 is 6.57. The van der Waals surface area contributed by atoms with Crippen molar-refractivity contribution < 1.29 is 0 Å². The summed E-state index contributed by atoms with van der Waals surface area (Å²) < 4.78 is 0. The van der Waals surface area contributed by atoms with E-state index >= 15 is 0 Å². The molecule has 0 radical (unpaired) electrons. The van der Waals surface area contributed by atoms with Gasteiger partial charge in [-0.25, -0.2) is 0 Å². The molecule has 7 aromatic carbocycles. The van der Waals surface area contributed by atoms with E-state index in [0.29, 0.717) is 0 Å². The Kier molecular flexibility index (Phi) is 4.82. The number of hydrogen-bond donors (Lipinski definition) is 0. The number of fused-ring (bicyclic) bond motifs is 8. The van der Waals surface area contributed by atoms with Gasteiger partial charge in [0.25, 0.3) is 0 Å². The van der Waals surface area contributed by atoms with Crippen molar-refractivity contribution >= 4 is 33.1 Å². The van der Waals surface area contributed by atoms with Crippen LogP contribution in [0.5, 0.6) is 0 Å². The summed E-state index contributed by atoms with van der Waals surface area (Å²) in [5, 5.41) is 6.06. The molecule has 0 heterocycles. The van der Waals surface area contributed by atoms with Crippen LogP contribution >= 0.6 is 11.6 Å². The van der Waals surface area contributed by atoms with Crippen LogP contribution in [0.15, 0.2) is 127 Å². The fourth-order valence-corrected chi connectivity index (χ4v) is 8.03. The first-order valence-electron chi connectivity index (χ1n) is 14.6. The third kappa shape index (κ3) is 3.03. The summed E-state index contributed by atoms with van der Waals surface area (Å²) in [7, 11) is 0. The SMILES string of the molecule is CC1(C)c2cc(Cl)ccc2-c2c1cc1c3c(cccc23)-c2c-1c(-c1ccccc1)c1ccccc1c2-c1ccccc1. The topological polar surface area (TPSA) is 0 Å². The highest BCUT2D eigenvalue weighted by Crippen LogP contribution is 2.61. The second-order valence-corrected chi connectivity index (χ2v) is 12.6. The van der Waals surface area contributed by atoms with Crippen LogP contribution in [0.3, 0.4) is 0 Å². The first-order chi connectivity index (χ1) is 20.5. The van der Waals surface area contributed by atoms with Crippen molar-refractivity contribution in [3.63, 3.8) is 0 Å². The number of halogens is 1. The smallest absolute Gasteiger partial charge is 0.0409 e. The van der Waals surface area contributed by atoms with Crippen molar-refractivity contribution in [1.82, 2.24) is 0 Å². The summed E-state index contributed by atoms with van der Waals surface area (Å²) in [6, 6.07) is 46.7. The lowest BCUT2D eigenvalue weighted by molar-refractivity contribution is 0.661. The molecule has 0 amide bonds. The molecule has 0 saturated heterocycles. The molecule has 0 atom stereocenters. The van der Waals surface area contributed by atoms with E-state index in [0.717, 1.165) is 5.02 Å². The van der Waals surface area contributed by atoms with Crippen LogP contribution in [0.25, 0.3) is 77.2 Å². The molecule has 42 heavy (non-hydrogen) atoms. The highest BCUT2D eigenvalue weighted by molar-refractivity contribution is 6.31. The van der Waals surface area contributed by atoms with Crippen LogP contribution in [0.2, 0.25) is 5.02 Å². The summed E-state index contributed by atoms with van der Waals surface area (Å²) in [6.07, 6.45) is 0. The lowest BCUT2D eigenvalue weighted by Gasteiger charge is -2.23. The van der Waals surface area contributed by atoms with E-state index in [4.69, 9.17) is 11.6 Å². The molecule has 0 saturated carbocycles. The van der Waals surface area contributed by atoms with Crippen molar-refractivity contribution in [1.29, 1.82) is 0 Å². The second-order valence-electron chi connectivity index (χ2n) is 12.2. The van der Waals surface area contributed by atoms with Gasteiger partial charge in [0.05, 0.1) is 0 Å². The predicted octanol–water partition coefficient (Wildman–Crippen LogP) is 11.9. The fraction of sp³-hybridized carbons (Fsp3) is 0.0732. The zero-order valence-corrected chi connectivity index (χ0v) is 24.3. The van der Waals surface area contributed by atoms with Gasteiger partial charge in [0.1, 0.15) is 0 Å². The molecule has 0 N–H and O–H groups in total. The Morgan fingerprint density at radius 3 is 1.64 bits per heavy atom. The van der Waals surface area contributed by atoms with Crippen LogP contribution in [-0.2, 0) is 5.41 Å². The summed E-state index contributed by atoms with van der Waals surface area (Å²) in [5.41, 5.74) is 15.7. The monoisotopic (exact) mass is 554 g/mol. The Morgan fingerprint density at radius 2 is 1.00 bits per heavy atom. The van der Waals surface area contributed by atoms with Gasteiger partial charge in [-0.3, -0.25) is 0 Å². The molecule has 0 aromatic heterocycles. The van der Waals surface area contributed by atoms with Crippen LogP contribution in [-0.4, -0.2) is 0 Å². The predicted molar refractivity (Wildman–Crippen MR) is 179 cm³/mol. The van der Waals surface area contributed by atoms with Gasteiger partial charge in [0.15, 0.2) is 0 Å². The molecular weight excluding hydrogens is 528 g/mol. The van der Waals surface area contributed by atoms with Crippen molar-refractivity contribution in [2.24, 2.45) is 0 Å². The number of benzene rings is 7. The molecule has 0 nitrogen and oxygen atoms in total. The van der Waals surface area contributed by atoms with Gasteiger partial charge in [0, 0.05) is 10.4 Å². The van der Waals surface area contributed by atoms with Gasteiger partial charge >= 0.3 is 0 Å². The quantitative estimate of drug-likeness (QED) is 0.199. The number of rotatable bonds is 2. The third-order valence-corrected chi connectivity index (χ3v) is 9.87. The van der Waals surface area contributed by atoms with Crippen LogP contribution < -0.4 is 0 Å². The minimum atomic E-state index is -0.162. The average Bonchev–Trinajstić information content (AvgIpc) is 3.46. The molecule has 0 bridgehead atoms. The molecule has 2 aliphatic carbocycles. The van der Waals surface area contributed by atoms with Crippen molar-refractivity contribution in [3.8, 4) is 55.6 Å². The molecule has 2 aliphatic rings. The Labute approximate surface area is 250 Å². The van der Waals surface area contributed by atoms with Gasteiger partial charge in [-0.15, -0.1) is 0 Å². The van der Waals surface area contributed by atoms with Crippen molar-refractivity contribution in [2.75, 3.05) is 0 Å². The summed E-state index contributed by atoms with van der Waals surface area (Å²) in [4.78, 5) is 0. The van der Waals surface area contributed by atoms with E-state index in [1.807, 2.05) is 6.07 Å². The molecule has 1 heteroatoms. The molecule has 198 valence electrons. The van der Waals surface area contributed by atoms with Gasteiger partial charge in [0.2, 0.25) is 0 Å². The van der Waals surface area contributed by atoms with Gasteiger partial charge < -0.3 is 0 Å². The van der Waals surface area contributed by atoms with E-state index in [1.54, 1.807) is 0 Å². The van der Waals surface area contributed by atoms with E-state index in [-0.39, 0.29) is 5.41 Å².